The minimum Gasteiger partial charge on any atom is -0.274 e. The minimum atomic E-state index is -0.313. The highest BCUT2D eigenvalue weighted by Crippen LogP contribution is 2.20. The lowest BCUT2D eigenvalue weighted by Gasteiger charge is -2.25. The van der Waals surface area contributed by atoms with E-state index in [0.29, 0.717) is 11.4 Å². The number of rotatable bonds is 2. The SMILES string of the molecule is O=C1Cc2ccccc2C(=O)N1Cc1nn[nH]n1. The Bertz CT molecular complexity index is 608. The van der Waals surface area contributed by atoms with Crippen LogP contribution in [0.25, 0.3) is 0 Å². The van der Waals surface area contributed by atoms with Gasteiger partial charge in [-0.15, -0.1) is 10.2 Å². The summed E-state index contributed by atoms with van der Waals surface area (Å²) >= 11 is 0. The molecule has 2 amide bonds. The van der Waals surface area contributed by atoms with E-state index in [1.165, 1.54) is 0 Å². The molecule has 0 aliphatic carbocycles. The van der Waals surface area contributed by atoms with Crippen LogP contribution in [0.2, 0.25) is 0 Å². The summed E-state index contributed by atoms with van der Waals surface area (Å²) in [4.78, 5) is 25.2. The Hall–Kier alpha value is -2.57. The molecule has 18 heavy (non-hydrogen) atoms. The number of nitrogens with one attached hydrogen (secondary N) is 1. The summed E-state index contributed by atoms with van der Waals surface area (Å²) < 4.78 is 0. The fourth-order valence-electron chi connectivity index (χ4n) is 1.95. The predicted octanol–water partition coefficient (Wildman–Crippen LogP) is -0.0752. The molecule has 7 nitrogen and oxygen atoms in total. The Balaban J connectivity index is 1.93. The van der Waals surface area contributed by atoms with Gasteiger partial charge in [-0.3, -0.25) is 14.5 Å². The van der Waals surface area contributed by atoms with Gasteiger partial charge in [0.1, 0.15) is 0 Å². The molecule has 0 bridgehead atoms. The Labute approximate surface area is 102 Å². The van der Waals surface area contributed by atoms with Crippen molar-refractivity contribution < 1.29 is 9.59 Å². The predicted molar refractivity (Wildman–Crippen MR) is 59.2 cm³/mol. The third kappa shape index (κ3) is 1.65. The van der Waals surface area contributed by atoms with Crippen LogP contribution >= 0.6 is 0 Å². The number of H-pyrrole nitrogens is 1. The minimum absolute atomic E-state index is 0.0441. The fourth-order valence-corrected chi connectivity index (χ4v) is 1.95. The van der Waals surface area contributed by atoms with E-state index in [1.807, 2.05) is 6.07 Å². The van der Waals surface area contributed by atoms with Gasteiger partial charge in [0.05, 0.1) is 13.0 Å². The van der Waals surface area contributed by atoms with Crippen LogP contribution in [-0.2, 0) is 17.8 Å². The van der Waals surface area contributed by atoms with Gasteiger partial charge in [0.2, 0.25) is 5.91 Å². The van der Waals surface area contributed by atoms with E-state index in [9.17, 15) is 9.59 Å². The zero-order valence-electron chi connectivity index (χ0n) is 9.33. The number of imide groups is 1. The summed E-state index contributed by atoms with van der Waals surface area (Å²) in [5, 5.41) is 13.2. The van der Waals surface area contributed by atoms with Gasteiger partial charge in [-0.25, -0.2) is 0 Å². The molecule has 0 spiro atoms. The maximum atomic E-state index is 12.2. The van der Waals surface area contributed by atoms with Gasteiger partial charge in [-0.1, -0.05) is 23.4 Å². The van der Waals surface area contributed by atoms with E-state index >= 15 is 0 Å². The summed E-state index contributed by atoms with van der Waals surface area (Å²) in [6, 6.07) is 7.09. The molecule has 1 aliphatic rings. The van der Waals surface area contributed by atoms with Crippen molar-refractivity contribution in [1.29, 1.82) is 0 Å². The van der Waals surface area contributed by atoms with Crippen molar-refractivity contribution in [2.75, 3.05) is 0 Å². The summed E-state index contributed by atoms with van der Waals surface area (Å²) in [6.45, 7) is 0.0441. The number of carbonyl (C=O) groups is 2. The van der Waals surface area contributed by atoms with Gasteiger partial charge in [0.15, 0.2) is 5.82 Å². The second-order valence-electron chi connectivity index (χ2n) is 3.95. The number of aromatic amines is 1. The topological polar surface area (TPSA) is 91.8 Å². The highest BCUT2D eigenvalue weighted by atomic mass is 16.2. The number of amides is 2. The average molecular weight is 243 g/mol. The van der Waals surface area contributed by atoms with Gasteiger partial charge in [-0.2, -0.15) is 5.21 Å². The third-order valence-electron chi connectivity index (χ3n) is 2.82. The smallest absolute Gasteiger partial charge is 0.261 e. The quantitative estimate of drug-likeness (QED) is 0.745. The lowest BCUT2D eigenvalue weighted by atomic mass is 9.98. The van der Waals surface area contributed by atoms with Crippen molar-refractivity contribution in [2.24, 2.45) is 0 Å². The first kappa shape index (κ1) is 10.6. The molecule has 3 rings (SSSR count). The molecular formula is C11H9N5O2. The maximum Gasteiger partial charge on any atom is 0.261 e. The Morgan fingerprint density at radius 2 is 2.11 bits per heavy atom. The molecule has 1 N–H and O–H groups in total. The van der Waals surface area contributed by atoms with Crippen molar-refractivity contribution >= 4 is 11.8 Å². The molecule has 1 aromatic carbocycles. The molecule has 7 heteroatoms. The number of carbonyl (C=O) groups excluding carboxylic acids is 2. The molecule has 1 aromatic heterocycles. The van der Waals surface area contributed by atoms with Crippen LogP contribution in [0, 0.1) is 0 Å². The second-order valence-corrected chi connectivity index (χ2v) is 3.95. The molecule has 0 unspecified atom stereocenters. The van der Waals surface area contributed by atoms with Crippen molar-refractivity contribution in [3.63, 3.8) is 0 Å². The lowest BCUT2D eigenvalue weighted by molar-refractivity contribution is -0.128. The zero-order valence-corrected chi connectivity index (χ0v) is 9.33. The highest BCUT2D eigenvalue weighted by molar-refractivity contribution is 6.09. The number of hydrogen-bond acceptors (Lipinski definition) is 5. The van der Waals surface area contributed by atoms with Crippen LogP contribution in [0.5, 0.6) is 0 Å². The van der Waals surface area contributed by atoms with Gasteiger partial charge in [0, 0.05) is 5.56 Å². The molecule has 0 fully saturated rings. The number of benzene rings is 1. The maximum absolute atomic E-state index is 12.2. The lowest BCUT2D eigenvalue weighted by Crippen LogP contribution is -2.41. The highest BCUT2D eigenvalue weighted by Gasteiger charge is 2.31. The number of tetrazole rings is 1. The molecule has 90 valence electrons. The number of nitrogens with zero attached hydrogens (tertiary/aromatic N) is 4. The van der Waals surface area contributed by atoms with Gasteiger partial charge >= 0.3 is 0 Å². The van der Waals surface area contributed by atoms with Crippen LogP contribution in [0.4, 0.5) is 0 Å². The van der Waals surface area contributed by atoms with Crippen LogP contribution in [-0.4, -0.2) is 37.3 Å². The molecule has 2 heterocycles. The summed E-state index contributed by atoms with van der Waals surface area (Å²) in [5.74, 6) is -0.244. The molecule has 0 saturated heterocycles. The van der Waals surface area contributed by atoms with Crippen molar-refractivity contribution in [3.8, 4) is 0 Å². The number of aromatic nitrogens is 4. The van der Waals surface area contributed by atoms with E-state index in [4.69, 9.17) is 0 Å². The molecule has 0 saturated carbocycles. The first-order valence-corrected chi connectivity index (χ1v) is 5.40. The van der Waals surface area contributed by atoms with E-state index in [1.54, 1.807) is 18.2 Å². The zero-order chi connectivity index (χ0) is 12.5. The molecule has 0 radical (unpaired) electrons. The van der Waals surface area contributed by atoms with Crippen molar-refractivity contribution in [1.82, 2.24) is 25.5 Å². The van der Waals surface area contributed by atoms with Crippen LogP contribution in [0.3, 0.4) is 0 Å². The fraction of sp³-hybridized carbons (Fsp3) is 0.182. The largest absolute Gasteiger partial charge is 0.274 e. The molecule has 1 aliphatic heterocycles. The summed E-state index contributed by atoms with van der Waals surface area (Å²) in [6.07, 6.45) is 0.222. The van der Waals surface area contributed by atoms with E-state index in [-0.39, 0.29) is 24.8 Å². The Morgan fingerprint density at radius 1 is 1.28 bits per heavy atom. The molecule has 0 atom stereocenters. The standard InChI is InChI=1S/C11H9N5O2/c17-10-5-7-3-1-2-4-8(7)11(18)16(10)6-9-12-14-15-13-9/h1-4H,5-6H2,(H,12,13,14,15). The molecular weight excluding hydrogens is 234 g/mol. The number of hydrogen-bond donors (Lipinski definition) is 1. The summed E-state index contributed by atoms with van der Waals surface area (Å²) in [5.41, 5.74) is 1.32. The Morgan fingerprint density at radius 3 is 2.89 bits per heavy atom. The molecule has 2 aromatic rings. The van der Waals surface area contributed by atoms with E-state index in [0.717, 1.165) is 10.5 Å². The van der Waals surface area contributed by atoms with E-state index in [2.05, 4.69) is 20.6 Å². The van der Waals surface area contributed by atoms with Gasteiger partial charge in [-0.05, 0) is 11.6 Å². The first-order valence-electron chi connectivity index (χ1n) is 5.40. The summed E-state index contributed by atoms with van der Waals surface area (Å²) in [7, 11) is 0. The Kier molecular flexibility index (Phi) is 2.36. The third-order valence-corrected chi connectivity index (χ3v) is 2.82. The average Bonchev–Trinajstić information content (AvgIpc) is 2.87. The monoisotopic (exact) mass is 243 g/mol. The van der Waals surface area contributed by atoms with Gasteiger partial charge < -0.3 is 0 Å². The first-order chi connectivity index (χ1) is 8.75. The van der Waals surface area contributed by atoms with Gasteiger partial charge in [0.25, 0.3) is 5.91 Å². The van der Waals surface area contributed by atoms with Crippen LogP contribution in [0.1, 0.15) is 21.7 Å². The van der Waals surface area contributed by atoms with Crippen molar-refractivity contribution in [2.45, 2.75) is 13.0 Å². The van der Waals surface area contributed by atoms with Crippen LogP contribution in [0.15, 0.2) is 24.3 Å². The number of fused-ring (bicyclic) bond motifs is 1. The van der Waals surface area contributed by atoms with Crippen molar-refractivity contribution in [3.05, 3.63) is 41.2 Å². The van der Waals surface area contributed by atoms with E-state index < -0.39 is 0 Å². The normalized spacial score (nSPS) is 14.8. The second kappa shape index (κ2) is 4.02. The van der Waals surface area contributed by atoms with Crippen LogP contribution < -0.4 is 0 Å².